The first kappa shape index (κ1) is 7.84. The first-order chi connectivity index (χ1) is 5.79. The van der Waals surface area contributed by atoms with E-state index in [4.69, 9.17) is 4.52 Å². The molecular formula is C10H15NO. The van der Waals surface area contributed by atoms with Gasteiger partial charge in [-0.25, -0.2) is 0 Å². The topological polar surface area (TPSA) is 26.0 Å². The van der Waals surface area contributed by atoms with E-state index in [0.29, 0.717) is 5.92 Å². The zero-order valence-corrected chi connectivity index (χ0v) is 7.76. The molecule has 0 aliphatic heterocycles. The molecule has 1 aromatic rings. The van der Waals surface area contributed by atoms with Gasteiger partial charge in [0.1, 0.15) is 5.76 Å². The van der Waals surface area contributed by atoms with Crippen molar-refractivity contribution in [3.05, 3.63) is 17.0 Å². The molecule has 0 fully saturated rings. The summed E-state index contributed by atoms with van der Waals surface area (Å²) in [4.78, 5) is 0. The average molecular weight is 165 g/mol. The zero-order valence-electron chi connectivity index (χ0n) is 7.76. The summed E-state index contributed by atoms with van der Waals surface area (Å²) >= 11 is 0. The molecule has 0 N–H and O–H groups in total. The Kier molecular flexibility index (Phi) is 1.91. The Bertz CT molecular complexity index is 275. The van der Waals surface area contributed by atoms with Gasteiger partial charge in [0.05, 0.1) is 5.69 Å². The van der Waals surface area contributed by atoms with Crippen LogP contribution in [-0.2, 0) is 12.8 Å². The van der Waals surface area contributed by atoms with Crippen LogP contribution in [0.2, 0.25) is 0 Å². The average Bonchev–Trinajstić information content (AvgIpc) is 2.47. The highest BCUT2D eigenvalue weighted by Gasteiger charge is 2.20. The second-order valence-corrected chi connectivity index (χ2v) is 3.83. The van der Waals surface area contributed by atoms with E-state index in [1.54, 1.807) is 0 Å². The van der Waals surface area contributed by atoms with E-state index in [2.05, 4.69) is 19.0 Å². The van der Waals surface area contributed by atoms with E-state index >= 15 is 0 Å². The molecule has 0 saturated carbocycles. The van der Waals surface area contributed by atoms with Crippen molar-refractivity contribution in [1.29, 1.82) is 0 Å². The van der Waals surface area contributed by atoms with Crippen LogP contribution in [0.3, 0.4) is 0 Å². The van der Waals surface area contributed by atoms with Crippen LogP contribution in [0.1, 0.15) is 49.6 Å². The summed E-state index contributed by atoms with van der Waals surface area (Å²) in [6.45, 7) is 4.35. The lowest BCUT2D eigenvalue weighted by Gasteiger charge is -2.10. The number of aromatic nitrogens is 1. The van der Waals surface area contributed by atoms with Crippen molar-refractivity contribution in [3.8, 4) is 0 Å². The monoisotopic (exact) mass is 165 g/mol. The first-order valence-electron chi connectivity index (χ1n) is 4.76. The highest BCUT2D eigenvalue weighted by Crippen LogP contribution is 2.28. The molecule has 1 heterocycles. The molecule has 0 amide bonds. The molecule has 2 rings (SSSR count). The predicted octanol–water partition coefficient (Wildman–Crippen LogP) is 2.68. The third-order valence-electron chi connectivity index (χ3n) is 2.53. The van der Waals surface area contributed by atoms with Gasteiger partial charge in [0, 0.05) is 12.0 Å². The summed E-state index contributed by atoms with van der Waals surface area (Å²) < 4.78 is 5.30. The standard InChI is InChI=1S/C10H15NO/c1-7(2)10-8-5-3-4-6-9(8)12-11-10/h7H,3-6H2,1-2H3. The van der Waals surface area contributed by atoms with Crippen LogP contribution in [0.25, 0.3) is 0 Å². The summed E-state index contributed by atoms with van der Waals surface area (Å²) in [6.07, 6.45) is 4.83. The molecule has 66 valence electrons. The molecule has 12 heavy (non-hydrogen) atoms. The Morgan fingerprint density at radius 1 is 1.25 bits per heavy atom. The fraction of sp³-hybridized carbons (Fsp3) is 0.700. The van der Waals surface area contributed by atoms with Crippen LogP contribution in [0, 0.1) is 0 Å². The zero-order chi connectivity index (χ0) is 8.55. The van der Waals surface area contributed by atoms with Gasteiger partial charge in [0.2, 0.25) is 0 Å². The Hall–Kier alpha value is -0.790. The van der Waals surface area contributed by atoms with Gasteiger partial charge in [-0.2, -0.15) is 0 Å². The lowest BCUT2D eigenvalue weighted by molar-refractivity contribution is 0.366. The van der Waals surface area contributed by atoms with E-state index in [1.165, 1.54) is 30.5 Å². The molecule has 2 heteroatoms. The number of rotatable bonds is 1. The fourth-order valence-corrected chi connectivity index (χ4v) is 1.86. The quantitative estimate of drug-likeness (QED) is 0.639. The molecule has 0 bridgehead atoms. The molecule has 0 spiro atoms. The summed E-state index contributed by atoms with van der Waals surface area (Å²) in [5, 5.41) is 4.12. The number of fused-ring (bicyclic) bond motifs is 1. The SMILES string of the molecule is CC(C)c1noc2c1CCCC2. The largest absolute Gasteiger partial charge is 0.361 e. The van der Waals surface area contributed by atoms with Crippen molar-refractivity contribution in [2.24, 2.45) is 0 Å². The predicted molar refractivity (Wildman–Crippen MR) is 47.2 cm³/mol. The maximum absolute atomic E-state index is 5.30. The Morgan fingerprint density at radius 2 is 2.00 bits per heavy atom. The number of hydrogen-bond donors (Lipinski definition) is 0. The summed E-state index contributed by atoms with van der Waals surface area (Å²) in [5.74, 6) is 1.65. The highest BCUT2D eigenvalue weighted by atomic mass is 16.5. The minimum absolute atomic E-state index is 0.510. The van der Waals surface area contributed by atoms with Gasteiger partial charge in [-0.15, -0.1) is 0 Å². The van der Waals surface area contributed by atoms with Crippen LogP contribution < -0.4 is 0 Å². The van der Waals surface area contributed by atoms with Crippen molar-refractivity contribution in [2.45, 2.75) is 45.4 Å². The van der Waals surface area contributed by atoms with Gasteiger partial charge in [0.15, 0.2) is 0 Å². The Balaban J connectivity index is 2.38. The van der Waals surface area contributed by atoms with E-state index in [1.807, 2.05) is 0 Å². The Labute approximate surface area is 72.9 Å². The lowest BCUT2D eigenvalue weighted by Crippen LogP contribution is -2.02. The van der Waals surface area contributed by atoms with Crippen molar-refractivity contribution in [2.75, 3.05) is 0 Å². The van der Waals surface area contributed by atoms with Crippen LogP contribution >= 0.6 is 0 Å². The molecular weight excluding hydrogens is 150 g/mol. The molecule has 0 saturated heterocycles. The van der Waals surface area contributed by atoms with E-state index in [-0.39, 0.29) is 0 Å². The van der Waals surface area contributed by atoms with Gasteiger partial charge >= 0.3 is 0 Å². The van der Waals surface area contributed by atoms with Crippen molar-refractivity contribution < 1.29 is 4.52 Å². The van der Waals surface area contributed by atoms with Crippen LogP contribution in [0.5, 0.6) is 0 Å². The lowest BCUT2D eigenvalue weighted by atomic mass is 9.93. The first-order valence-corrected chi connectivity index (χ1v) is 4.76. The fourth-order valence-electron chi connectivity index (χ4n) is 1.86. The van der Waals surface area contributed by atoms with Crippen LogP contribution in [0.15, 0.2) is 4.52 Å². The molecule has 1 aromatic heterocycles. The molecule has 2 nitrogen and oxygen atoms in total. The molecule has 1 aliphatic rings. The maximum atomic E-state index is 5.30. The highest BCUT2D eigenvalue weighted by molar-refractivity contribution is 5.27. The molecule has 0 unspecified atom stereocenters. The molecule has 0 aromatic carbocycles. The number of hydrogen-bond acceptors (Lipinski definition) is 2. The minimum Gasteiger partial charge on any atom is -0.361 e. The number of nitrogens with zero attached hydrogens (tertiary/aromatic N) is 1. The summed E-state index contributed by atoms with van der Waals surface area (Å²) in [6, 6.07) is 0. The molecule has 0 radical (unpaired) electrons. The minimum atomic E-state index is 0.510. The van der Waals surface area contributed by atoms with Crippen molar-refractivity contribution in [1.82, 2.24) is 5.16 Å². The van der Waals surface area contributed by atoms with E-state index in [9.17, 15) is 0 Å². The van der Waals surface area contributed by atoms with Gasteiger partial charge in [-0.05, 0) is 25.2 Å². The van der Waals surface area contributed by atoms with Gasteiger partial charge in [-0.3, -0.25) is 0 Å². The van der Waals surface area contributed by atoms with Crippen molar-refractivity contribution in [3.63, 3.8) is 0 Å². The van der Waals surface area contributed by atoms with Crippen molar-refractivity contribution >= 4 is 0 Å². The van der Waals surface area contributed by atoms with Gasteiger partial charge in [-0.1, -0.05) is 19.0 Å². The summed E-state index contributed by atoms with van der Waals surface area (Å²) in [7, 11) is 0. The molecule has 0 atom stereocenters. The van der Waals surface area contributed by atoms with Crippen LogP contribution in [0.4, 0.5) is 0 Å². The third kappa shape index (κ3) is 1.15. The number of aryl methyl sites for hydroxylation is 1. The summed E-state index contributed by atoms with van der Waals surface area (Å²) in [5.41, 5.74) is 2.58. The van der Waals surface area contributed by atoms with E-state index < -0.39 is 0 Å². The second-order valence-electron chi connectivity index (χ2n) is 3.83. The smallest absolute Gasteiger partial charge is 0.140 e. The van der Waals surface area contributed by atoms with Crippen LogP contribution in [-0.4, -0.2) is 5.16 Å². The normalized spacial score (nSPS) is 16.6. The third-order valence-corrected chi connectivity index (χ3v) is 2.53. The van der Waals surface area contributed by atoms with Gasteiger partial charge in [0.25, 0.3) is 0 Å². The Morgan fingerprint density at radius 3 is 2.75 bits per heavy atom. The maximum Gasteiger partial charge on any atom is 0.140 e. The second kappa shape index (κ2) is 2.92. The van der Waals surface area contributed by atoms with E-state index in [0.717, 1.165) is 12.2 Å². The van der Waals surface area contributed by atoms with Gasteiger partial charge < -0.3 is 4.52 Å². The molecule has 1 aliphatic carbocycles.